The van der Waals surface area contributed by atoms with Crippen LogP contribution in [0.1, 0.15) is 24.5 Å². The van der Waals surface area contributed by atoms with Crippen molar-refractivity contribution in [3.63, 3.8) is 0 Å². The molecule has 2 aliphatic heterocycles. The Morgan fingerprint density at radius 3 is 2.81 bits per heavy atom. The summed E-state index contributed by atoms with van der Waals surface area (Å²) in [6.45, 7) is 12.7. The molecule has 2 aliphatic rings. The van der Waals surface area contributed by atoms with Gasteiger partial charge >= 0.3 is 0 Å². The van der Waals surface area contributed by atoms with Crippen LogP contribution in [0, 0.1) is 23.3 Å². The third kappa shape index (κ3) is 2.14. The van der Waals surface area contributed by atoms with Crippen LogP contribution in [-0.2, 0) is 11.2 Å². The highest BCUT2D eigenvalue weighted by Gasteiger charge is 2.45. The number of anilines is 1. The molecule has 6 heteroatoms. The summed E-state index contributed by atoms with van der Waals surface area (Å²) in [5.41, 5.74) is 1.71. The van der Waals surface area contributed by atoms with Crippen molar-refractivity contribution in [2.75, 3.05) is 31.2 Å². The molecule has 21 heavy (non-hydrogen) atoms. The third-order valence-electron chi connectivity index (χ3n) is 4.34. The van der Waals surface area contributed by atoms with Crippen molar-refractivity contribution in [2.45, 2.75) is 19.8 Å². The van der Waals surface area contributed by atoms with Crippen molar-refractivity contribution >= 4 is 23.1 Å². The van der Waals surface area contributed by atoms with Crippen LogP contribution in [0.3, 0.4) is 0 Å². The predicted molar refractivity (Wildman–Crippen MR) is 79.7 cm³/mol. The van der Waals surface area contributed by atoms with Gasteiger partial charge in [0.25, 0.3) is 0 Å². The highest BCUT2D eigenvalue weighted by molar-refractivity contribution is 6.31. The molecule has 2 fully saturated rings. The Morgan fingerprint density at radius 2 is 2.33 bits per heavy atom. The predicted octanol–water partition coefficient (Wildman–Crippen LogP) is 2.95. The molecule has 0 radical (unpaired) electrons. The Bertz CT molecular complexity index is 670. The first-order chi connectivity index (χ1) is 10.1. The van der Waals surface area contributed by atoms with Gasteiger partial charge in [0.05, 0.1) is 25.3 Å². The maximum absolute atomic E-state index is 9.23. The minimum atomic E-state index is 0.197. The van der Waals surface area contributed by atoms with Crippen LogP contribution in [0.25, 0.3) is 4.85 Å². The molecule has 108 valence electrons. The van der Waals surface area contributed by atoms with Crippen molar-refractivity contribution in [3.05, 3.63) is 27.7 Å². The van der Waals surface area contributed by atoms with E-state index in [9.17, 15) is 5.26 Å². The van der Waals surface area contributed by atoms with Crippen LogP contribution >= 0.6 is 11.6 Å². The molecule has 0 unspecified atom stereocenters. The number of aromatic nitrogens is 1. The van der Waals surface area contributed by atoms with E-state index in [0.29, 0.717) is 29.1 Å². The van der Waals surface area contributed by atoms with Gasteiger partial charge in [0.1, 0.15) is 17.0 Å². The molecular formula is C15H15ClN4O. The average molecular weight is 303 g/mol. The maximum Gasteiger partial charge on any atom is 0.232 e. The fraction of sp³-hybridized carbons (Fsp3) is 0.533. The van der Waals surface area contributed by atoms with E-state index in [4.69, 9.17) is 22.9 Å². The fourth-order valence-corrected chi connectivity index (χ4v) is 3.35. The van der Waals surface area contributed by atoms with E-state index in [0.717, 1.165) is 32.7 Å². The number of hydrogen-bond donors (Lipinski definition) is 0. The lowest BCUT2D eigenvalue weighted by atomic mass is 9.85. The highest BCUT2D eigenvalue weighted by Crippen LogP contribution is 2.43. The van der Waals surface area contributed by atoms with Crippen LogP contribution < -0.4 is 4.90 Å². The lowest BCUT2D eigenvalue weighted by Crippen LogP contribution is -2.44. The summed E-state index contributed by atoms with van der Waals surface area (Å²) in [6, 6.07) is 2.07. The lowest BCUT2D eigenvalue weighted by molar-refractivity contribution is -0.0985. The molecular weight excluding hydrogens is 288 g/mol. The van der Waals surface area contributed by atoms with Crippen molar-refractivity contribution < 1.29 is 4.74 Å². The van der Waals surface area contributed by atoms with Gasteiger partial charge in [0.2, 0.25) is 5.69 Å². The molecule has 3 rings (SSSR count). The zero-order chi connectivity index (χ0) is 15.0. The van der Waals surface area contributed by atoms with Gasteiger partial charge in [0.15, 0.2) is 0 Å². The second-order valence-electron chi connectivity index (χ2n) is 5.67. The normalized spacial score (nSPS) is 19.1. The number of ether oxygens (including phenoxy) is 1. The summed E-state index contributed by atoms with van der Waals surface area (Å²) < 4.78 is 5.33. The van der Waals surface area contributed by atoms with Gasteiger partial charge in [-0.25, -0.2) is 9.83 Å². The summed E-state index contributed by atoms with van der Waals surface area (Å²) in [4.78, 5) is 10.1. The van der Waals surface area contributed by atoms with Crippen molar-refractivity contribution in [3.8, 4) is 6.07 Å². The fourth-order valence-electron chi connectivity index (χ4n) is 3.12. The van der Waals surface area contributed by atoms with Crippen LogP contribution in [0.4, 0.5) is 11.5 Å². The summed E-state index contributed by atoms with van der Waals surface area (Å²) >= 11 is 6.15. The quantitative estimate of drug-likeness (QED) is 0.622. The van der Waals surface area contributed by atoms with Crippen molar-refractivity contribution in [1.82, 2.24) is 4.98 Å². The molecule has 1 aromatic rings. The standard InChI is InChI=1S/C15H15ClN4O/c1-3-10-11(6-17)13(16)19-14(12(10)18-2)20-5-4-15(7-20)8-21-9-15/h3-5,7-9H2,1H3. The molecule has 0 saturated carbocycles. The first kappa shape index (κ1) is 14.1. The van der Waals surface area contributed by atoms with Gasteiger partial charge in [-0.15, -0.1) is 0 Å². The van der Waals surface area contributed by atoms with Crippen LogP contribution in [-0.4, -0.2) is 31.3 Å². The van der Waals surface area contributed by atoms with E-state index < -0.39 is 0 Å². The summed E-state index contributed by atoms with van der Waals surface area (Å²) in [5, 5.41) is 9.43. The molecule has 0 aromatic carbocycles. The summed E-state index contributed by atoms with van der Waals surface area (Å²) in [6.07, 6.45) is 1.64. The molecule has 0 N–H and O–H groups in total. The first-order valence-corrected chi connectivity index (χ1v) is 7.34. The molecule has 2 saturated heterocycles. The molecule has 1 spiro atoms. The number of rotatable bonds is 2. The minimum absolute atomic E-state index is 0.197. The van der Waals surface area contributed by atoms with E-state index >= 15 is 0 Å². The number of nitrogens with zero attached hydrogens (tertiary/aromatic N) is 4. The Balaban J connectivity index is 2.05. The SMILES string of the molecule is [C-]#[N+]c1c(N2CCC3(COC3)C2)nc(Cl)c(C#N)c1CC. The second kappa shape index (κ2) is 5.18. The molecule has 0 atom stereocenters. The molecule has 5 nitrogen and oxygen atoms in total. The number of hydrogen-bond acceptors (Lipinski definition) is 4. The Labute approximate surface area is 128 Å². The van der Waals surface area contributed by atoms with E-state index in [1.165, 1.54) is 0 Å². The average Bonchev–Trinajstić information content (AvgIpc) is 2.91. The van der Waals surface area contributed by atoms with E-state index in [1.807, 2.05) is 6.92 Å². The lowest BCUT2D eigenvalue weighted by Gasteiger charge is -2.37. The number of nitriles is 1. The third-order valence-corrected chi connectivity index (χ3v) is 4.61. The largest absolute Gasteiger partial charge is 0.380 e. The highest BCUT2D eigenvalue weighted by atomic mass is 35.5. The van der Waals surface area contributed by atoms with Crippen LogP contribution in [0.2, 0.25) is 5.15 Å². The zero-order valence-corrected chi connectivity index (χ0v) is 12.6. The van der Waals surface area contributed by atoms with Crippen LogP contribution in [0.5, 0.6) is 0 Å². The second-order valence-corrected chi connectivity index (χ2v) is 6.03. The van der Waals surface area contributed by atoms with E-state index in [-0.39, 0.29) is 10.6 Å². The topological polar surface area (TPSA) is 53.5 Å². The first-order valence-electron chi connectivity index (χ1n) is 6.97. The Hall–Kier alpha value is -1.82. The minimum Gasteiger partial charge on any atom is -0.380 e. The molecule has 1 aromatic heterocycles. The van der Waals surface area contributed by atoms with Crippen molar-refractivity contribution in [2.24, 2.45) is 5.41 Å². The van der Waals surface area contributed by atoms with Gasteiger partial charge in [-0.1, -0.05) is 18.5 Å². The maximum atomic E-state index is 9.23. The van der Waals surface area contributed by atoms with Gasteiger partial charge in [0, 0.05) is 18.5 Å². The Kier molecular flexibility index (Phi) is 3.49. The summed E-state index contributed by atoms with van der Waals surface area (Å²) in [7, 11) is 0. The van der Waals surface area contributed by atoms with Gasteiger partial charge in [-0.05, 0) is 18.4 Å². The number of pyridine rings is 1. The number of halogens is 1. The summed E-state index contributed by atoms with van der Waals surface area (Å²) in [5.74, 6) is 0.620. The van der Waals surface area contributed by atoms with Gasteiger partial charge in [-0.2, -0.15) is 5.26 Å². The monoisotopic (exact) mass is 302 g/mol. The van der Waals surface area contributed by atoms with Gasteiger partial charge < -0.3 is 9.64 Å². The zero-order valence-electron chi connectivity index (χ0n) is 11.8. The van der Waals surface area contributed by atoms with E-state index in [1.54, 1.807) is 0 Å². The van der Waals surface area contributed by atoms with Crippen LogP contribution in [0.15, 0.2) is 0 Å². The van der Waals surface area contributed by atoms with E-state index in [2.05, 4.69) is 20.8 Å². The molecule has 0 aliphatic carbocycles. The molecule has 0 bridgehead atoms. The van der Waals surface area contributed by atoms with Gasteiger partial charge in [-0.3, -0.25) is 0 Å². The Morgan fingerprint density at radius 1 is 1.57 bits per heavy atom. The van der Waals surface area contributed by atoms with Crippen molar-refractivity contribution in [1.29, 1.82) is 5.26 Å². The molecule has 0 amide bonds. The molecule has 3 heterocycles. The smallest absolute Gasteiger partial charge is 0.232 e.